The molecule has 0 saturated carbocycles. The Labute approximate surface area is 156 Å². The third-order valence-corrected chi connectivity index (χ3v) is 4.10. The molecule has 0 saturated heterocycles. The highest BCUT2D eigenvalue weighted by molar-refractivity contribution is 5.99. The topological polar surface area (TPSA) is 95.0 Å². The molecule has 0 amide bonds. The number of hydrogen-bond donors (Lipinski definition) is 2. The van der Waals surface area contributed by atoms with Gasteiger partial charge in [0.15, 0.2) is 0 Å². The van der Waals surface area contributed by atoms with E-state index in [9.17, 15) is 14.9 Å². The van der Waals surface area contributed by atoms with Crippen molar-refractivity contribution in [2.45, 2.75) is 6.54 Å². The number of aromatic nitrogens is 1. The number of nitrogens with one attached hydrogen (secondary N) is 2. The van der Waals surface area contributed by atoms with Gasteiger partial charge in [-0.3, -0.25) is 4.79 Å². The van der Waals surface area contributed by atoms with Gasteiger partial charge in [0, 0.05) is 11.3 Å². The van der Waals surface area contributed by atoms with E-state index in [1.165, 1.54) is 7.11 Å². The predicted octanol–water partition coefficient (Wildman–Crippen LogP) is 3.31. The molecular weight excluding hydrogens is 342 g/mol. The van der Waals surface area contributed by atoms with Crippen molar-refractivity contribution in [3.63, 3.8) is 0 Å². The standard InChI is InChI=1S/C21H17N3O3/c1-27-21(26)19-17(13-23-15-10-6-3-7-11-15)24-20(25)16(12-22)18(19)14-8-4-2-5-9-14/h2-11,23H,13H2,1H3,(H,24,25). The summed E-state index contributed by atoms with van der Waals surface area (Å²) in [6.45, 7) is 0.190. The molecule has 0 fully saturated rings. The first-order valence-corrected chi connectivity index (χ1v) is 8.27. The van der Waals surface area contributed by atoms with Crippen molar-refractivity contribution >= 4 is 11.7 Å². The number of esters is 1. The number of rotatable bonds is 5. The Morgan fingerprint density at radius 3 is 2.33 bits per heavy atom. The number of nitriles is 1. The van der Waals surface area contributed by atoms with Crippen LogP contribution in [0.4, 0.5) is 5.69 Å². The summed E-state index contributed by atoms with van der Waals surface area (Å²) in [5, 5.41) is 12.7. The summed E-state index contributed by atoms with van der Waals surface area (Å²) in [6, 6.07) is 20.2. The van der Waals surface area contributed by atoms with Crippen molar-refractivity contribution < 1.29 is 9.53 Å². The molecule has 1 heterocycles. The molecular formula is C21H17N3O3. The molecule has 0 bridgehead atoms. The van der Waals surface area contributed by atoms with Crippen LogP contribution in [0.15, 0.2) is 65.5 Å². The average Bonchev–Trinajstić information content (AvgIpc) is 2.72. The molecule has 6 heteroatoms. The van der Waals surface area contributed by atoms with E-state index in [1.807, 2.05) is 42.5 Å². The number of methoxy groups -OCH3 is 1. The highest BCUT2D eigenvalue weighted by Crippen LogP contribution is 2.28. The fourth-order valence-electron chi connectivity index (χ4n) is 2.86. The number of carbonyl (C=O) groups excluding carboxylic acids is 1. The maximum Gasteiger partial charge on any atom is 0.340 e. The smallest absolute Gasteiger partial charge is 0.340 e. The van der Waals surface area contributed by atoms with E-state index in [2.05, 4.69) is 10.3 Å². The average molecular weight is 359 g/mol. The Kier molecular flexibility index (Phi) is 5.33. The Balaban J connectivity index is 2.19. The van der Waals surface area contributed by atoms with E-state index < -0.39 is 11.5 Å². The molecule has 0 atom stereocenters. The number of ether oxygens (including phenoxy) is 1. The molecule has 27 heavy (non-hydrogen) atoms. The van der Waals surface area contributed by atoms with Crippen LogP contribution in [0.2, 0.25) is 0 Å². The summed E-state index contributed by atoms with van der Waals surface area (Å²) in [5.41, 5.74) is 1.57. The van der Waals surface area contributed by atoms with Crippen molar-refractivity contribution in [3.05, 3.63) is 87.8 Å². The van der Waals surface area contributed by atoms with Crippen molar-refractivity contribution in [3.8, 4) is 17.2 Å². The summed E-state index contributed by atoms with van der Waals surface area (Å²) in [6.07, 6.45) is 0. The molecule has 2 N–H and O–H groups in total. The number of H-pyrrole nitrogens is 1. The highest BCUT2D eigenvalue weighted by Gasteiger charge is 2.24. The monoisotopic (exact) mass is 359 g/mol. The maximum atomic E-state index is 12.5. The van der Waals surface area contributed by atoms with E-state index in [0.717, 1.165) is 5.69 Å². The molecule has 0 spiro atoms. The van der Waals surface area contributed by atoms with Gasteiger partial charge in [-0.2, -0.15) is 5.26 Å². The van der Waals surface area contributed by atoms with Gasteiger partial charge >= 0.3 is 5.97 Å². The van der Waals surface area contributed by atoms with Crippen LogP contribution >= 0.6 is 0 Å². The number of aromatic amines is 1. The van der Waals surface area contributed by atoms with Crippen LogP contribution in [0.5, 0.6) is 0 Å². The summed E-state index contributed by atoms with van der Waals surface area (Å²) in [5.74, 6) is -0.619. The zero-order chi connectivity index (χ0) is 19.2. The van der Waals surface area contributed by atoms with Crippen LogP contribution in [0.25, 0.3) is 11.1 Å². The molecule has 1 aromatic heterocycles. The fraction of sp³-hybridized carbons (Fsp3) is 0.0952. The minimum absolute atomic E-state index is 0.120. The zero-order valence-corrected chi connectivity index (χ0v) is 14.7. The van der Waals surface area contributed by atoms with Gasteiger partial charge in [-0.1, -0.05) is 48.5 Å². The molecule has 0 radical (unpaired) electrons. The predicted molar refractivity (Wildman–Crippen MR) is 102 cm³/mol. The van der Waals surface area contributed by atoms with Crippen LogP contribution < -0.4 is 10.9 Å². The maximum absolute atomic E-state index is 12.5. The molecule has 2 aromatic carbocycles. The molecule has 0 aliphatic heterocycles. The van der Waals surface area contributed by atoms with Crippen molar-refractivity contribution in [2.75, 3.05) is 12.4 Å². The van der Waals surface area contributed by atoms with Gasteiger partial charge in [0.25, 0.3) is 5.56 Å². The van der Waals surface area contributed by atoms with Gasteiger partial charge in [0.05, 0.1) is 24.9 Å². The minimum atomic E-state index is -0.619. The number of hydrogen-bond acceptors (Lipinski definition) is 5. The molecule has 0 unspecified atom stereocenters. The second-order valence-electron chi connectivity index (χ2n) is 5.75. The third-order valence-electron chi connectivity index (χ3n) is 4.10. The van der Waals surface area contributed by atoms with Crippen LogP contribution in [-0.2, 0) is 11.3 Å². The number of carbonyl (C=O) groups is 1. The van der Waals surface area contributed by atoms with E-state index >= 15 is 0 Å². The minimum Gasteiger partial charge on any atom is -0.465 e. The van der Waals surface area contributed by atoms with Crippen LogP contribution in [-0.4, -0.2) is 18.1 Å². The van der Waals surface area contributed by atoms with Gasteiger partial charge in [0.1, 0.15) is 11.6 Å². The SMILES string of the molecule is COC(=O)c1c(CNc2ccccc2)[nH]c(=O)c(C#N)c1-c1ccccc1. The largest absolute Gasteiger partial charge is 0.465 e. The first-order valence-electron chi connectivity index (χ1n) is 8.27. The van der Waals surface area contributed by atoms with Crippen molar-refractivity contribution in [2.24, 2.45) is 0 Å². The molecule has 0 aliphatic carbocycles. The fourth-order valence-corrected chi connectivity index (χ4v) is 2.86. The Bertz CT molecular complexity index is 1050. The van der Waals surface area contributed by atoms with Crippen molar-refractivity contribution in [1.82, 2.24) is 4.98 Å². The number of pyridine rings is 1. The Morgan fingerprint density at radius 1 is 1.11 bits per heavy atom. The second-order valence-corrected chi connectivity index (χ2v) is 5.75. The lowest BCUT2D eigenvalue weighted by Crippen LogP contribution is -2.22. The Hall–Kier alpha value is -3.85. The van der Waals surface area contributed by atoms with Gasteiger partial charge in [-0.15, -0.1) is 0 Å². The molecule has 6 nitrogen and oxygen atoms in total. The van der Waals surface area contributed by atoms with E-state index in [4.69, 9.17) is 4.74 Å². The van der Waals surface area contributed by atoms with Crippen molar-refractivity contribution in [1.29, 1.82) is 5.26 Å². The molecule has 3 aromatic rings. The second kappa shape index (κ2) is 8.02. The summed E-state index contributed by atoms with van der Waals surface area (Å²) in [7, 11) is 1.27. The van der Waals surface area contributed by atoms with Crippen LogP contribution in [0.3, 0.4) is 0 Å². The van der Waals surface area contributed by atoms with Gasteiger partial charge in [0.2, 0.25) is 0 Å². The summed E-state index contributed by atoms with van der Waals surface area (Å²) >= 11 is 0. The van der Waals surface area contributed by atoms with Crippen LogP contribution in [0, 0.1) is 11.3 Å². The van der Waals surface area contributed by atoms with E-state index in [-0.39, 0.29) is 23.2 Å². The summed E-state index contributed by atoms with van der Waals surface area (Å²) < 4.78 is 4.93. The molecule has 3 rings (SSSR count). The number of anilines is 1. The number of para-hydroxylation sites is 1. The molecule has 134 valence electrons. The summed E-state index contributed by atoms with van der Waals surface area (Å²) in [4.78, 5) is 27.7. The highest BCUT2D eigenvalue weighted by atomic mass is 16.5. The number of benzene rings is 2. The zero-order valence-electron chi connectivity index (χ0n) is 14.7. The Morgan fingerprint density at radius 2 is 1.74 bits per heavy atom. The lowest BCUT2D eigenvalue weighted by Gasteiger charge is -2.15. The first kappa shape index (κ1) is 18.0. The van der Waals surface area contributed by atoms with Gasteiger partial charge in [-0.05, 0) is 17.7 Å². The first-order chi connectivity index (χ1) is 13.2. The van der Waals surface area contributed by atoms with E-state index in [1.54, 1.807) is 24.3 Å². The number of nitrogens with zero attached hydrogens (tertiary/aromatic N) is 1. The lowest BCUT2D eigenvalue weighted by molar-refractivity contribution is 0.0600. The lowest BCUT2D eigenvalue weighted by atomic mass is 9.94. The normalized spacial score (nSPS) is 10.1. The van der Waals surface area contributed by atoms with Crippen LogP contribution in [0.1, 0.15) is 21.6 Å². The third kappa shape index (κ3) is 3.72. The van der Waals surface area contributed by atoms with E-state index in [0.29, 0.717) is 11.3 Å². The van der Waals surface area contributed by atoms with Gasteiger partial charge in [-0.25, -0.2) is 4.79 Å². The molecule has 0 aliphatic rings. The van der Waals surface area contributed by atoms with Gasteiger partial charge < -0.3 is 15.0 Å². The quantitative estimate of drug-likeness (QED) is 0.682.